The van der Waals surface area contributed by atoms with Crippen molar-refractivity contribution in [2.75, 3.05) is 15.8 Å². The van der Waals surface area contributed by atoms with Crippen LogP contribution >= 0.6 is 0 Å². The number of amides is 1. The van der Waals surface area contributed by atoms with E-state index in [0.717, 1.165) is 5.56 Å². The molecule has 1 atom stereocenters. The van der Waals surface area contributed by atoms with Crippen LogP contribution in [0, 0.1) is 12.8 Å². The SMILES string of the molecule is CCS(=O)(=O)Nc1ccc(NC(=O)[C@@H](N)CC(C)C)cc1C. The molecular weight excluding hydrogens is 302 g/mol. The summed E-state index contributed by atoms with van der Waals surface area (Å²) in [6.45, 7) is 7.36. The fourth-order valence-corrected chi connectivity index (χ4v) is 2.65. The summed E-state index contributed by atoms with van der Waals surface area (Å²) in [5.74, 6) is 0.109. The molecule has 22 heavy (non-hydrogen) atoms. The number of hydrogen-bond donors (Lipinski definition) is 3. The number of rotatable bonds is 7. The molecular formula is C15H25N3O3S. The van der Waals surface area contributed by atoms with E-state index in [-0.39, 0.29) is 11.7 Å². The summed E-state index contributed by atoms with van der Waals surface area (Å²) in [5, 5.41) is 2.75. The highest BCUT2D eigenvalue weighted by atomic mass is 32.2. The molecule has 0 spiro atoms. The molecule has 0 aliphatic carbocycles. The Hall–Kier alpha value is -1.60. The lowest BCUT2D eigenvalue weighted by Crippen LogP contribution is -2.36. The first-order chi connectivity index (χ1) is 10.1. The van der Waals surface area contributed by atoms with E-state index in [1.54, 1.807) is 32.0 Å². The van der Waals surface area contributed by atoms with Crippen molar-refractivity contribution in [2.45, 2.75) is 40.2 Å². The van der Waals surface area contributed by atoms with Gasteiger partial charge in [0.05, 0.1) is 17.5 Å². The van der Waals surface area contributed by atoms with Gasteiger partial charge in [-0.1, -0.05) is 13.8 Å². The third-order valence-corrected chi connectivity index (χ3v) is 4.49. The Kier molecular flexibility index (Phi) is 6.37. The Labute approximate surface area is 132 Å². The largest absolute Gasteiger partial charge is 0.325 e. The van der Waals surface area contributed by atoms with E-state index in [0.29, 0.717) is 23.7 Å². The van der Waals surface area contributed by atoms with Crippen molar-refractivity contribution in [3.63, 3.8) is 0 Å². The minimum absolute atomic E-state index is 0.00891. The van der Waals surface area contributed by atoms with Crippen molar-refractivity contribution < 1.29 is 13.2 Å². The van der Waals surface area contributed by atoms with Crippen molar-refractivity contribution in [2.24, 2.45) is 11.7 Å². The molecule has 1 rings (SSSR count). The van der Waals surface area contributed by atoms with Crippen LogP contribution in [0.1, 0.15) is 32.8 Å². The molecule has 4 N–H and O–H groups in total. The highest BCUT2D eigenvalue weighted by Crippen LogP contribution is 2.21. The highest BCUT2D eigenvalue weighted by molar-refractivity contribution is 7.92. The minimum Gasteiger partial charge on any atom is -0.325 e. The van der Waals surface area contributed by atoms with Gasteiger partial charge in [0.2, 0.25) is 15.9 Å². The predicted octanol–water partition coefficient (Wildman–Crippen LogP) is 2.07. The maximum atomic E-state index is 12.0. The Balaban J connectivity index is 2.79. The summed E-state index contributed by atoms with van der Waals surface area (Å²) in [5.41, 5.74) is 7.66. The maximum absolute atomic E-state index is 12.0. The van der Waals surface area contributed by atoms with Gasteiger partial charge in [-0.15, -0.1) is 0 Å². The third-order valence-electron chi connectivity index (χ3n) is 3.20. The first-order valence-corrected chi connectivity index (χ1v) is 8.97. The molecule has 0 aliphatic rings. The van der Waals surface area contributed by atoms with Crippen molar-refractivity contribution >= 4 is 27.3 Å². The first kappa shape index (κ1) is 18.4. The van der Waals surface area contributed by atoms with E-state index < -0.39 is 16.1 Å². The number of nitrogens with two attached hydrogens (primary N) is 1. The lowest BCUT2D eigenvalue weighted by molar-refractivity contribution is -0.117. The van der Waals surface area contributed by atoms with Gasteiger partial charge >= 0.3 is 0 Å². The summed E-state index contributed by atoms with van der Waals surface area (Å²) in [7, 11) is -3.32. The molecule has 0 fully saturated rings. The number of carbonyl (C=O) groups excluding carboxylic acids is 1. The smallest absolute Gasteiger partial charge is 0.241 e. The van der Waals surface area contributed by atoms with Crippen LogP contribution in [0.2, 0.25) is 0 Å². The van der Waals surface area contributed by atoms with Crippen LogP contribution in [0.4, 0.5) is 11.4 Å². The summed E-state index contributed by atoms with van der Waals surface area (Å²) < 4.78 is 25.7. The van der Waals surface area contributed by atoms with Crippen LogP contribution in [-0.2, 0) is 14.8 Å². The standard InChI is InChI=1S/C15H25N3O3S/c1-5-22(20,21)18-14-7-6-12(9-11(14)4)17-15(19)13(16)8-10(2)3/h6-7,9-10,13,18H,5,8,16H2,1-4H3,(H,17,19)/t13-/m0/s1. The molecule has 0 bridgehead atoms. The van der Waals surface area contributed by atoms with Crippen molar-refractivity contribution in [3.05, 3.63) is 23.8 Å². The van der Waals surface area contributed by atoms with Gasteiger partial charge in [0.15, 0.2) is 0 Å². The Morgan fingerprint density at radius 1 is 1.32 bits per heavy atom. The number of aryl methyl sites for hydroxylation is 1. The number of carbonyl (C=O) groups is 1. The second-order valence-electron chi connectivity index (χ2n) is 5.76. The molecule has 1 aromatic carbocycles. The van der Waals surface area contributed by atoms with E-state index >= 15 is 0 Å². The van der Waals surface area contributed by atoms with Gasteiger partial charge < -0.3 is 11.1 Å². The second-order valence-corrected chi connectivity index (χ2v) is 7.77. The molecule has 0 aliphatic heterocycles. The van der Waals surface area contributed by atoms with Gasteiger partial charge in [0.1, 0.15) is 0 Å². The van der Waals surface area contributed by atoms with Gasteiger partial charge in [-0.25, -0.2) is 8.42 Å². The maximum Gasteiger partial charge on any atom is 0.241 e. The molecule has 1 aromatic rings. The molecule has 0 radical (unpaired) electrons. The molecule has 0 saturated heterocycles. The number of benzene rings is 1. The van der Waals surface area contributed by atoms with Crippen LogP contribution in [0.3, 0.4) is 0 Å². The molecule has 1 amide bonds. The molecule has 0 aromatic heterocycles. The van der Waals surface area contributed by atoms with E-state index in [4.69, 9.17) is 5.73 Å². The molecule has 7 heteroatoms. The van der Waals surface area contributed by atoms with Crippen LogP contribution in [-0.4, -0.2) is 26.1 Å². The van der Waals surface area contributed by atoms with E-state index in [1.807, 2.05) is 13.8 Å². The normalized spacial score (nSPS) is 13.0. The summed E-state index contributed by atoms with van der Waals surface area (Å²) in [6, 6.07) is 4.44. The lowest BCUT2D eigenvalue weighted by Gasteiger charge is -2.15. The molecule has 0 unspecified atom stereocenters. The molecule has 0 heterocycles. The van der Waals surface area contributed by atoms with Gasteiger partial charge in [-0.2, -0.15) is 0 Å². The van der Waals surface area contributed by atoms with Crippen LogP contribution in [0.25, 0.3) is 0 Å². The van der Waals surface area contributed by atoms with Crippen LogP contribution in [0.15, 0.2) is 18.2 Å². The number of nitrogens with one attached hydrogen (secondary N) is 2. The first-order valence-electron chi connectivity index (χ1n) is 7.32. The average Bonchev–Trinajstić information content (AvgIpc) is 2.41. The van der Waals surface area contributed by atoms with Crippen molar-refractivity contribution in [1.29, 1.82) is 0 Å². The van der Waals surface area contributed by atoms with Gasteiger partial charge in [-0.3, -0.25) is 9.52 Å². The van der Waals surface area contributed by atoms with Gasteiger partial charge in [0.25, 0.3) is 0 Å². The Morgan fingerprint density at radius 3 is 2.45 bits per heavy atom. The monoisotopic (exact) mass is 327 g/mol. The molecule has 124 valence electrons. The quantitative estimate of drug-likeness (QED) is 0.713. The van der Waals surface area contributed by atoms with E-state index in [2.05, 4.69) is 10.0 Å². The number of anilines is 2. The fraction of sp³-hybridized carbons (Fsp3) is 0.533. The average molecular weight is 327 g/mol. The van der Waals surface area contributed by atoms with Gasteiger partial charge in [-0.05, 0) is 49.9 Å². The highest BCUT2D eigenvalue weighted by Gasteiger charge is 2.15. The summed E-state index contributed by atoms with van der Waals surface area (Å²) in [4.78, 5) is 12.0. The fourth-order valence-electron chi connectivity index (χ4n) is 1.95. The van der Waals surface area contributed by atoms with Crippen LogP contribution in [0.5, 0.6) is 0 Å². The topological polar surface area (TPSA) is 101 Å². The van der Waals surface area contributed by atoms with E-state index in [9.17, 15) is 13.2 Å². The zero-order valence-electron chi connectivity index (χ0n) is 13.5. The Morgan fingerprint density at radius 2 is 1.95 bits per heavy atom. The predicted molar refractivity (Wildman–Crippen MR) is 90.3 cm³/mol. The molecule has 6 nitrogen and oxygen atoms in total. The summed E-state index contributed by atoms with van der Waals surface area (Å²) in [6.07, 6.45) is 0.610. The van der Waals surface area contributed by atoms with Crippen LogP contribution < -0.4 is 15.8 Å². The zero-order valence-corrected chi connectivity index (χ0v) is 14.3. The molecule has 0 saturated carbocycles. The zero-order chi connectivity index (χ0) is 16.9. The number of hydrogen-bond acceptors (Lipinski definition) is 4. The van der Waals surface area contributed by atoms with Gasteiger partial charge in [0, 0.05) is 5.69 Å². The third kappa shape index (κ3) is 5.65. The summed E-state index contributed by atoms with van der Waals surface area (Å²) >= 11 is 0. The lowest BCUT2D eigenvalue weighted by atomic mass is 10.0. The Bertz CT molecular complexity index is 627. The van der Waals surface area contributed by atoms with Crippen molar-refractivity contribution in [3.8, 4) is 0 Å². The second kappa shape index (κ2) is 7.60. The van der Waals surface area contributed by atoms with Crippen molar-refractivity contribution in [1.82, 2.24) is 0 Å². The van der Waals surface area contributed by atoms with E-state index in [1.165, 1.54) is 0 Å². The minimum atomic E-state index is -3.32. The number of sulfonamides is 1.